The second-order valence-corrected chi connectivity index (χ2v) is 5.91. The minimum absolute atomic E-state index is 0.300. The van der Waals surface area contributed by atoms with Gasteiger partial charge >= 0.3 is 0 Å². The summed E-state index contributed by atoms with van der Waals surface area (Å²) in [6.07, 6.45) is 0. The predicted octanol–water partition coefficient (Wildman–Crippen LogP) is 3.12. The van der Waals surface area contributed by atoms with E-state index in [-0.39, 0.29) is 5.78 Å². The summed E-state index contributed by atoms with van der Waals surface area (Å²) >= 11 is 3.35. The molecule has 0 saturated carbocycles. The fourth-order valence-corrected chi connectivity index (χ4v) is 2.95. The Bertz CT molecular complexity index is 730. The Balaban J connectivity index is 2.17. The molecule has 0 fully saturated rings. The fraction of sp³-hybridized carbons (Fsp3) is 0.125. The zero-order valence-electron chi connectivity index (χ0n) is 11.2. The lowest BCUT2D eigenvalue weighted by Gasteiger charge is -2.31. The Labute approximate surface area is 130 Å². The number of ether oxygens (including phenoxy) is 1. The number of carbonyl (C=O) groups is 2. The summed E-state index contributed by atoms with van der Waals surface area (Å²) < 4.78 is 3.74. The number of rotatable bonds is 2. The molecule has 0 aromatic heterocycles. The van der Waals surface area contributed by atoms with Crippen molar-refractivity contribution in [1.29, 1.82) is 0 Å². The van der Waals surface area contributed by atoms with Gasteiger partial charge in [-0.1, -0.05) is 46.3 Å². The molecule has 0 radical (unpaired) electrons. The lowest BCUT2D eigenvalue weighted by Crippen LogP contribution is -2.46. The van der Waals surface area contributed by atoms with Crippen LogP contribution < -0.4 is 10.1 Å². The van der Waals surface area contributed by atoms with Crippen molar-refractivity contribution in [2.75, 3.05) is 12.4 Å². The van der Waals surface area contributed by atoms with E-state index in [1.807, 2.05) is 6.07 Å². The van der Waals surface area contributed by atoms with Gasteiger partial charge in [-0.25, -0.2) is 0 Å². The van der Waals surface area contributed by atoms with E-state index in [1.165, 1.54) is 7.11 Å². The number of nitrogens with one attached hydrogen (secondary N) is 1. The average molecular weight is 346 g/mol. The SMILES string of the molecule is COc1ccc2c(c1)C(=O)C(Br)(c1ccccc1)C(=O)N2. The number of hydrogen-bond donors (Lipinski definition) is 1. The van der Waals surface area contributed by atoms with Gasteiger partial charge in [0, 0.05) is 5.56 Å². The maximum Gasteiger partial charge on any atom is 0.253 e. The van der Waals surface area contributed by atoms with Crippen molar-refractivity contribution in [3.8, 4) is 5.75 Å². The third-order valence-corrected chi connectivity index (χ3v) is 4.69. The lowest BCUT2D eigenvalue weighted by molar-refractivity contribution is -0.117. The summed E-state index contributed by atoms with van der Waals surface area (Å²) in [6.45, 7) is 0. The number of alkyl halides is 1. The van der Waals surface area contributed by atoms with Crippen molar-refractivity contribution in [2.45, 2.75) is 4.32 Å². The molecule has 0 aliphatic carbocycles. The molecule has 2 aromatic rings. The van der Waals surface area contributed by atoms with Crippen LogP contribution in [-0.2, 0) is 9.12 Å². The van der Waals surface area contributed by atoms with Crippen molar-refractivity contribution in [3.63, 3.8) is 0 Å². The quantitative estimate of drug-likeness (QED) is 0.672. The summed E-state index contributed by atoms with van der Waals surface area (Å²) in [6, 6.07) is 13.9. The summed E-state index contributed by atoms with van der Waals surface area (Å²) in [5.41, 5.74) is 1.52. The number of fused-ring (bicyclic) bond motifs is 1. The van der Waals surface area contributed by atoms with Crippen LogP contribution >= 0.6 is 15.9 Å². The second-order valence-electron chi connectivity index (χ2n) is 4.72. The van der Waals surface area contributed by atoms with Crippen LogP contribution in [0.25, 0.3) is 0 Å². The van der Waals surface area contributed by atoms with E-state index in [1.54, 1.807) is 42.5 Å². The van der Waals surface area contributed by atoms with Crippen molar-refractivity contribution in [3.05, 3.63) is 59.7 Å². The first-order valence-electron chi connectivity index (χ1n) is 6.36. The number of Topliss-reactive ketones (excluding diaryl/α,β-unsaturated/α-hetero) is 1. The Hall–Kier alpha value is -2.14. The Morgan fingerprint density at radius 3 is 2.48 bits per heavy atom. The molecular weight excluding hydrogens is 334 g/mol. The largest absolute Gasteiger partial charge is 0.497 e. The molecule has 2 aromatic carbocycles. The van der Waals surface area contributed by atoms with E-state index in [0.717, 1.165) is 0 Å². The number of amides is 1. The summed E-state index contributed by atoms with van der Waals surface area (Å²) in [5, 5.41) is 2.77. The van der Waals surface area contributed by atoms with Crippen molar-refractivity contribution in [2.24, 2.45) is 0 Å². The number of carbonyl (C=O) groups excluding carboxylic acids is 2. The van der Waals surface area contributed by atoms with E-state index in [4.69, 9.17) is 4.74 Å². The molecule has 1 heterocycles. The van der Waals surface area contributed by atoms with Gasteiger partial charge < -0.3 is 10.1 Å². The summed E-state index contributed by atoms with van der Waals surface area (Å²) in [7, 11) is 1.53. The molecule has 1 atom stereocenters. The molecule has 1 N–H and O–H groups in total. The number of methoxy groups -OCH3 is 1. The lowest BCUT2D eigenvalue weighted by atomic mass is 9.86. The smallest absolute Gasteiger partial charge is 0.253 e. The molecule has 1 aliphatic heterocycles. The predicted molar refractivity (Wildman–Crippen MR) is 83.0 cm³/mol. The highest BCUT2D eigenvalue weighted by Crippen LogP contribution is 2.42. The zero-order chi connectivity index (χ0) is 15.0. The molecule has 21 heavy (non-hydrogen) atoms. The van der Waals surface area contributed by atoms with Crippen molar-refractivity contribution < 1.29 is 14.3 Å². The normalized spacial score (nSPS) is 20.7. The van der Waals surface area contributed by atoms with E-state index >= 15 is 0 Å². The third kappa shape index (κ3) is 2.05. The highest BCUT2D eigenvalue weighted by Gasteiger charge is 2.49. The highest BCUT2D eigenvalue weighted by atomic mass is 79.9. The van der Waals surface area contributed by atoms with Crippen LogP contribution in [0, 0.1) is 0 Å². The van der Waals surface area contributed by atoms with Gasteiger partial charge in [0.2, 0.25) is 0 Å². The highest BCUT2D eigenvalue weighted by molar-refractivity contribution is 9.10. The zero-order valence-corrected chi connectivity index (χ0v) is 12.8. The van der Waals surface area contributed by atoms with E-state index < -0.39 is 10.2 Å². The average Bonchev–Trinajstić information content (AvgIpc) is 2.53. The maximum atomic E-state index is 12.9. The first kappa shape index (κ1) is 13.8. The number of ketones is 1. The molecule has 5 heteroatoms. The second kappa shape index (κ2) is 5.00. The Morgan fingerprint density at radius 1 is 1.10 bits per heavy atom. The molecule has 1 aliphatic rings. The summed E-state index contributed by atoms with van der Waals surface area (Å²) in [5.74, 6) is -0.121. The molecular formula is C16H12BrNO3. The van der Waals surface area contributed by atoms with Gasteiger partial charge in [0.25, 0.3) is 5.91 Å². The van der Waals surface area contributed by atoms with Crippen LogP contribution in [0.3, 0.4) is 0 Å². The first-order valence-corrected chi connectivity index (χ1v) is 7.15. The number of halogens is 1. The minimum Gasteiger partial charge on any atom is -0.497 e. The van der Waals surface area contributed by atoms with Crippen LogP contribution in [0.1, 0.15) is 15.9 Å². The van der Waals surface area contributed by atoms with Gasteiger partial charge in [-0.2, -0.15) is 0 Å². The monoisotopic (exact) mass is 345 g/mol. The van der Waals surface area contributed by atoms with Gasteiger partial charge in [-0.15, -0.1) is 0 Å². The molecule has 0 bridgehead atoms. The van der Waals surface area contributed by atoms with E-state index in [2.05, 4.69) is 21.2 Å². The first-order chi connectivity index (χ1) is 10.1. The molecule has 1 unspecified atom stereocenters. The molecule has 1 amide bonds. The van der Waals surface area contributed by atoms with Gasteiger partial charge in [0.1, 0.15) is 5.75 Å². The van der Waals surface area contributed by atoms with Crippen molar-refractivity contribution in [1.82, 2.24) is 0 Å². The maximum absolute atomic E-state index is 12.9. The number of benzene rings is 2. The van der Waals surface area contributed by atoms with Gasteiger partial charge in [-0.3, -0.25) is 9.59 Å². The van der Waals surface area contributed by atoms with E-state index in [0.29, 0.717) is 22.6 Å². The van der Waals surface area contributed by atoms with Gasteiger partial charge in [0.15, 0.2) is 10.1 Å². The van der Waals surface area contributed by atoms with Crippen molar-refractivity contribution >= 4 is 33.3 Å². The fourth-order valence-electron chi connectivity index (χ4n) is 2.37. The molecule has 0 saturated heterocycles. The molecule has 106 valence electrons. The van der Waals surface area contributed by atoms with E-state index in [9.17, 15) is 9.59 Å². The molecule has 0 spiro atoms. The van der Waals surface area contributed by atoms with Crippen LogP contribution in [0.2, 0.25) is 0 Å². The topological polar surface area (TPSA) is 55.4 Å². The summed E-state index contributed by atoms with van der Waals surface area (Å²) in [4.78, 5) is 25.3. The van der Waals surface area contributed by atoms with Gasteiger partial charge in [0.05, 0.1) is 12.8 Å². The Morgan fingerprint density at radius 2 is 1.81 bits per heavy atom. The van der Waals surface area contributed by atoms with Crippen LogP contribution in [0.4, 0.5) is 5.69 Å². The van der Waals surface area contributed by atoms with Gasteiger partial charge in [-0.05, 0) is 23.8 Å². The standard InChI is InChI=1S/C16H12BrNO3/c1-21-11-7-8-13-12(9-11)14(19)16(17,15(20)18-13)10-5-3-2-4-6-10/h2-9H,1H3,(H,18,20). The number of anilines is 1. The minimum atomic E-state index is -1.41. The third-order valence-electron chi connectivity index (χ3n) is 3.52. The Kier molecular flexibility index (Phi) is 3.29. The molecule has 3 rings (SSSR count). The van der Waals surface area contributed by atoms with Crippen LogP contribution in [0.5, 0.6) is 5.75 Å². The van der Waals surface area contributed by atoms with Crippen LogP contribution in [-0.4, -0.2) is 18.8 Å². The molecule has 4 nitrogen and oxygen atoms in total. The number of hydrogen-bond acceptors (Lipinski definition) is 3. The van der Waals surface area contributed by atoms with Crippen LogP contribution in [0.15, 0.2) is 48.5 Å².